The van der Waals surface area contributed by atoms with Crippen molar-refractivity contribution < 1.29 is 13.6 Å². The average Bonchev–Trinajstić information content (AvgIpc) is 3.21. The van der Waals surface area contributed by atoms with E-state index in [4.69, 9.17) is 0 Å². The molecular weight excluding hydrogens is 420 g/mol. The number of aromatic nitrogens is 3. The number of benzene rings is 1. The number of hydrogen-bond acceptors (Lipinski definition) is 6. The summed E-state index contributed by atoms with van der Waals surface area (Å²) < 4.78 is 24.9. The molecule has 0 unspecified atom stereocenters. The second-order valence-electron chi connectivity index (χ2n) is 7.42. The van der Waals surface area contributed by atoms with Crippen molar-refractivity contribution in [2.75, 3.05) is 23.3 Å². The van der Waals surface area contributed by atoms with E-state index in [-0.39, 0.29) is 5.91 Å². The van der Waals surface area contributed by atoms with E-state index in [2.05, 4.69) is 32.1 Å². The second kappa shape index (κ2) is 9.38. The zero-order chi connectivity index (χ0) is 21.8. The first kappa shape index (κ1) is 21.2. The first-order chi connectivity index (χ1) is 15.0. The van der Waals surface area contributed by atoms with Gasteiger partial charge in [0.1, 0.15) is 12.1 Å². The summed E-state index contributed by atoms with van der Waals surface area (Å²) in [4.78, 5) is 28.3. The van der Waals surface area contributed by atoms with Crippen molar-refractivity contribution in [1.29, 1.82) is 0 Å². The van der Waals surface area contributed by atoms with E-state index < -0.39 is 5.76 Å². The van der Waals surface area contributed by atoms with E-state index in [9.17, 15) is 13.6 Å². The van der Waals surface area contributed by atoms with E-state index in [0.29, 0.717) is 33.8 Å². The molecule has 0 bridgehead atoms. The van der Waals surface area contributed by atoms with Crippen LogP contribution in [0, 0.1) is 5.92 Å². The van der Waals surface area contributed by atoms with Gasteiger partial charge in [0, 0.05) is 53.4 Å². The molecule has 1 N–H and O–H groups in total. The summed E-state index contributed by atoms with van der Waals surface area (Å²) in [6.07, 6.45) is 7.51. The Labute approximate surface area is 183 Å². The normalized spacial score (nSPS) is 16.0. The minimum Gasteiger partial charge on any atom is -0.356 e. The number of halogens is 2. The lowest BCUT2D eigenvalue weighted by molar-refractivity contribution is 0.102. The molecule has 0 saturated carbocycles. The highest BCUT2D eigenvalue weighted by molar-refractivity contribution is 7.99. The molecular formula is C22H21F2N5OS. The number of carbonyl (C=O) groups excluding carboxylic acids is 1. The van der Waals surface area contributed by atoms with Gasteiger partial charge in [-0.25, -0.2) is 15.0 Å². The second-order valence-corrected chi connectivity index (χ2v) is 8.48. The Balaban J connectivity index is 1.59. The zero-order valence-corrected chi connectivity index (χ0v) is 17.6. The Kier molecular flexibility index (Phi) is 6.41. The molecule has 1 aliphatic rings. The Morgan fingerprint density at radius 2 is 1.94 bits per heavy atom. The van der Waals surface area contributed by atoms with Crippen LogP contribution in [-0.2, 0) is 0 Å². The van der Waals surface area contributed by atoms with Crippen LogP contribution in [0.2, 0.25) is 0 Å². The van der Waals surface area contributed by atoms with Crippen molar-refractivity contribution in [1.82, 2.24) is 15.0 Å². The lowest BCUT2D eigenvalue weighted by Crippen LogP contribution is -2.22. The summed E-state index contributed by atoms with van der Waals surface area (Å²) in [5, 5.41) is 2.79. The first-order valence-corrected chi connectivity index (χ1v) is 10.7. The van der Waals surface area contributed by atoms with Gasteiger partial charge in [-0.3, -0.25) is 4.79 Å². The number of rotatable bonds is 6. The number of alkyl halides is 2. The fourth-order valence-electron chi connectivity index (χ4n) is 3.53. The van der Waals surface area contributed by atoms with Crippen LogP contribution in [0.4, 0.5) is 20.3 Å². The van der Waals surface area contributed by atoms with Gasteiger partial charge in [0.2, 0.25) is 0 Å². The number of pyridine rings is 1. The Morgan fingerprint density at radius 3 is 2.58 bits per heavy atom. The van der Waals surface area contributed by atoms with E-state index in [1.54, 1.807) is 48.9 Å². The molecule has 1 aromatic carbocycles. The summed E-state index contributed by atoms with van der Waals surface area (Å²) >= 11 is 0.463. The largest absolute Gasteiger partial charge is 0.356 e. The quantitative estimate of drug-likeness (QED) is 0.546. The Bertz CT molecular complexity index is 1050. The van der Waals surface area contributed by atoms with Gasteiger partial charge < -0.3 is 10.2 Å². The number of hydrogen-bond donors (Lipinski definition) is 1. The fourth-order valence-corrected chi connectivity index (χ4v) is 4.03. The van der Waals surface area contributed by atoms with Gasteiger partial charge in [-0.1, -0.05) is 18.7 Å². The highest BCUT2D eigenvalue weighted by Gasteiger charge is 2.24. The predicted octanol–water partition coefficient (Wildman–Crippen LogP) is 4.95. The molecule has 1 amide bonds. The number of thioether (sulfide) groups is 1. The van der Waals surface area contributed by atoms with Crippen LogP contribution in [0.25, 0.3) is 11.1 Å². The Morgan fingerprint density at radius 1 is 1.19 bits per heavy atom. The van der Waals surface area contributed by atoms with Gasteiger partial charge in [0.25, 0.3) is 11.7 Å². The molecule has 0 aliphatic carbocycles. The lowest BCUT2D eigenvalue weighted by atomic mass is 10.1. The number of nitrogens with zero attached hydrogens (tertiary/aromatic N) is 4. The maximum atomic E-state index is 12.8. The molecule has 31 heavy (non-hydrogen) atoms. The number of amides is 1. The highest BCUT2D eigenvalue weighted by Crippen LogP contribution is 2.32. The topological polar surface area (TPSA) is 71.0 Å². The van der Waals surface area contributed by atoms with Crippen LogP contribution in [0.1, 0.15) is 23.7 Å². The van der Waals surface area contributed by atoms with Crippen molar-refractivity contribution in [3.05, 3.63) is 60.8 Å². The van der Waals surface area contributed by atoms with Crippen LogP contribution in [-0.4, -0.2) is 39.7 Å². The number of nitrogens with one attached hydrogen (secondary N) is 1. The summed E-state index contributed by atoms with van der Waals surface area (Å²) in [6.45, 7) is 4.02. The average molecular weight is 442 g/mol. The van der Waals surface area contributed by atoms with Crippen molar-refractivity contribution in [2.45, 2.75) is 24.0 Å². The molecule has 1 aliphatic heterocycles. The SMILES string of the molecule is C[C@@H]1CCN(c2ncc(C(=O)Nc3ccc(SC(F)F)cc3)cc2-c2cncnc2)C1. The van der Waals surface area contributed by atoms with Crippen molar-refractivity contribution >= 4 is 29.2 Å². The summed E-state index contributed by atoms with van der Waals surface area (Å²) in [7, 11) is 0. The molecule has 3 aromatic rings. The maximum absolute atomic E-state index is 12.8. The van der Waals surface area contributed by atoms with Crippen LogP contribution in [0.3, 0.4) is 0 Å². The minimum atomic E-state index is -2.48. The monoisotopic (exact) mass is 441 g/mol. The molecule has 2 aromatic heterocycles. The van der Waals surface area contributed by atoms with Crippen LogP contribution >= 0.6 is 11.8 Å². The standard InChI is InChI=1S/C22H21F2N5OS/c1-14-6-7-29(12-14)20-19(16-9-25-13-26-10-16)8-15(11-27-20)21(30)28-17-2-4-18(5-3-17)31-22(23)24/h2-5,8-11,13-14,22H,6-7,12H2,1H3,(H,28,30)/t14-/m1/s1. The third-order valence-corrected chi connectivity index (χ3v) is 5.78. The molecule has 4 rings (SSSR count). The molecule has 9 heteroatoms. The third-order valence-electron chi connectivity index (χ3n) is 5.06. The van der Waals surface area contributed by atoms with E-state index >= 15 is 0 Å². The van der Waals surface area contributed by atoms with Crippen molar-refractivity contribution in [2.24, 2.45) is 5.92 Å². The van der Waals surface area contributed by atoms with Gasteiger partial charge in [-0.15, -0.1) is 0 Å². The van der Waals surface area contributed by atoms with Crippen LogP contribution in [0.5, 0.6) is 0 Å². The summed E-state index contributed by atoms with van der Waals surface area (Å²) in [6, 6.07) is 8.09. The van der Waals surface area contributed by atoms with Crippen LogP contribution < -0.4 is 10.2 Å². The highest BCUT2D eigenvalue weighted by atomic mass is 32.2. The van der Waals surface area contributed by atoms with E-state index in [1.807, 2.05) is 0 Å². The third kappa shape index (κ3) is 5.16. The predicted molar refractivity (Wildman–Crippen MR) is 118 cm³/mol. The zero-order valence-electron chi connectivity index (χ0n) is 16.8. The summed E-state index contributed by atoms with van der Waals surface area (Å²) in [5.41, 5.74) is 2.49. The molecule has 1 saturated heterocycles. The minimum absolute atomic E-state index is 0.332. The van der Waals surface area contributed by atoms with Crippen LogP contribution in [0.15, 0.2) is 60.1 Å². The van der Waals surface area contributed by atoms with Gasteiger partial charge in [-0.05, 0) is 42.7 Å². The van der Waals surface area contributed by atoms with Gasteiger partial charge in [-0.2, -0.15) is 8.78 Å². The van der Waals surface area contributed by atoms with E-state index in [0.717, 1.165) is 36.5 Å². The molecule has 1 atom stereocenters. The van der Waals surface area contributed by atoms with Crippen molar-refractivity contribution in [3.63, 3.8) is 0 Å². The molecule has 160 valence electrons. The maximum Gasteiger partial charge on any atom is 0.288 e. The van der Waals surface area contributed by atoms with Gasteiger partial charge in [0.15, 0.2) is 0 Å². The number of carbonyl (C=O) groups is 1. The smallest absolute Gasteiger partial charge is 0.288 e. The van der Waals surface area contributed by atoms with Crippen molar-refractivity contribution in [3.8, 4) is 11.1 Å². The van der Waals surface area contributed by atoms with Gasteiger partial charge >= 0.3 is 0 Å². The lowest BCUT2D eigenvalue weighted by Gasteiger charge is -2.21. The molecule has 0 radical (unpaired) electrons. The Hall–Kier alpha value is -3.07. The summed E-state index contributed by atoms with van der Waals surface area (Å²) in [5.74, 6) is -1.43. The number of anilines is 2. The van der Waals surface area contributed by atoms with E-state index in [1.165, 1.54) is 6.33 Å². The fraction of sp³-hybridized carbons (Fsp3) is 0.273. The molecule has 0 spiro atoms. The molecule has 6 nitrogen and oxygen atoms in total. The molecule has 3 heterocycles. The van der Waals surface area contributed by atoms with Gasteiger partial charge in [0.05, 0.1) is 5.56 Å². The first-order valence-electron chi connectivity index (χ1n) is 9.86. The molecule has 1 fully saturated rings.